The molecule has 1 fully saturated rings. The van der Waals surface area contributed by atoms with Gasteiger partial charge in [-0.05, 0) is 73.4 Å². The van der Waals surface area contributed by atoms with Gasteiger partial charge < -0.3 is 19.4 Å². The SMILES string of the molecule is CC1=NC(c2cc(C)c(C3CC=C(F)C4=C3CCC4OC3CC=C4C(CC(=O)O)CO[C@H]4C3)c(C)c2)NO1. The number of ether oxygens (including phenoxy) is 2. The summed E-state index contributed by atoms with van der Waals surface area (Å²) < 4.78 is 27.8. The molecule has 1 saturated heterocycles. The summed E-state index contributed by atoms with van der Waals surface area (Å²) in [7, 11) is 0. The van der Waals surface area contributed by atoms with Crippen LogP contribution in [0.2, 0.25) is 0 Å². The predicted octanol–water partition coefficient (Wildman–Crippen LogP) is 5.65. The van der Waals surface area contributed by atoms with Crippen LogP contribution in [0.1, 0.15) is 79.8 Å². The maximum Gasteiger partial charge on any atom is 0.304 e. The van der Waals surface area contributed by atoms with Crippen molar-refractivity contribution in [3.05, 3.63) is 69.1 Å². The number of hydrogen-bond acceptors (Lipinski definition) is 6. The van der Waals surface area contributed by atoms with Crippen molar-refractivity contribution in [3.8, 4) is 0 Å². The van der Waals surface area contributed by atoms with Crippen molar-refractivity contribution < 1.29 is 28.6 Å². The van der Waals surface area contributed by atoms with Gasteiger partial charge in [0.1, 0.15) is 5.83 Å². The minimum atomic E-state index is -0.800. The average Bonchev–Trinajstić information content (AvgIpc) is 3.59. The lowest BCUT2D eigenvalue weighted by molar-refractivity contribution is -0.137. The molecule has 0 radical (unpaired) electrons. The van der Waals surface area contributed by atoms with Gasteiger partial charge in [0, 0.05) is 30.8 Å². The van der Waals surface area contributed by atoms with Crippen LogP contribution >= 0.6 is 0 Å². The third-order valence-electron chi connectivity index (χ3n) is 8.68. The summed E-state index contributed by atoms with van der Waals surface area (Å²) in [6.45, 7) is 6.53. The molecule has 0 bridgehead atoms. The maximum absolute atomic E-state index is 15.3. The van der Waals surface area contributed by atoms with Crippen molar-refractivity contribution in [1.29, 1.82) is 0 Å². The molecule has 38 heavy (non-hydrogen) atoms. The zero-order valence-electron chi connectivity index (χ0n) is 22.1. The maximum atomic E-state index is 15.3. The van der Waals surface area contributed by atoms with Crippen LogP contribution < -0.4 is 5.48 Å². The number of aliphatic carboxylic acids is 1. The summed E-state index contributed by atoms with van der Waals surface area (Å²) in [6, 6.07) is 4.32. The minimum absolute atomic E-state index is 0.0515. The summed E-state index contributed by atoms with van der Waals surface area (Å²) in [4.78, 5) is 21.0. The van der Waals surface area contributed by atoms with Crippen molar-refractivity contribution in [2.75, 3.05) is 6.61 Å². The van der Waals surface area contributed by atoms with Gasteiger partial charge in [0.15, 0.2) is 6.17 Å². The van der Waals surface area contributed by atoms with E-state index in [9.17, 15) is 9.90 Å². The van der Waals surface area contributed by atoms with E-state index in [1.165, 1.54) is 16.7 Å². The number of aryl methyl sites for hydroxylation is 2. The Balaban J connectivity index is 1.21. The third-order valence-corrected chi connectivity index (χ3v) is 8.68. The predicted molar refractivity (Wildman–Crippen MR) is 140 cm³/mol. The quantitative estimate of drug-likeness (QED) is 0.470. The monoisotopic (exact) mass is 522 g/mol. The molecule has 1 aromatic rings. The van der Waals surface area contributed by atoms with Crippen LogP contribution in [0.3, 0.4) is 0 Å². The van der Waals surface area contributed by atoms with Gasteiger partial charge in [-0.1, -0.05) is 23.8 Å². The Bertz CT molecular complexity index is 1260. The Kier molecular flexibility index (Phi) is 6.74. The highest BCUT2D eigenvalue weighted by Gasteiger charge is 2.41. The van der Waals surface area contributed by atoms with Gasteiger partial charge >= 0.3 is 5.97 Å². The van der Waals surface area contributed by atoms with E-state index < -0.39 is 5.97 Å². The molecule has 0 aromatic heterocycles. The number of benzene rings is 1. The Morgan fingerprint density at radius 2 is 2.00 bits per heavy atom. The fourth-order valence-corrected chi connectivity index (χ4v) is 7.10. The number of carbonyl (C=O) groups is 1. The first-order valence-electron chi connectivity index (χ1n) is 13.6. The number of carboxylic acid groups (broad SMARTS) is 1. The molecule has 8 heteroatoms. The molecule has 1 aromatic carbocycles. The second-order valence-corrected chi connectivity index (χ2v) is 11.2. The van der Waals surface area contributed by atoms with Crippen LogP contribution in [0.5, 0.6) is 0 Å². The first-order chi connectivity index (χ1) is 18.3. The molecule has 5 unspecified atom stereocenters. The fraction of sp³-hybridized carbons (Fsp3) is 0.533. The number of hydroxylamine groups is 1. The largest absolute Gasteiger partial charge is 0.481 e. The van der Waals surface area contributed by atoms with Crippen LogP contribution in [0.15, 0.2) is 51.8 Å². The Morgan fingerprint density at radius 3 is 2.71 bits per heavy atom. The lowest BCUT2D eigenvalue weighted by Gasteiger charge is -2.31. The van der Waals surface area contributed by atoms with Gasteiger partial charge in [-0.3, -0.25) is 4.79 Å². The van der Waals surface area contributed by atoms with E-state index in [0.29, 0.717) is 31.8 Å². The fourth-order valence-electron chi connectivity index (χ4n) is 7.10. The van der Waals surface area contributed by atoms with E-state index in [1.54, 1.807) is 6.08 Å². The molecule has 7 nitrogen and oxygen atoms in total. The molecule has 6 rings (SSSR count). The molecule has 0 saturated carbocycles. The summed E-state index contributed by atoms with van der Waals surface area (Å²) >= 11 is 0. The summed E-state index contributed by atoms with van der Waals surface area (Å²) in [5, 5.41) is 9.19. The number of halogens is 1. The summed E-state index contributed by atoms with van der Waals surface area (Å²) in [5.74, 6) is -0.236. The van der Waals surface area contributed by atoms with E-state index in [1.807, 2.05) is 6.92 Å². The van der Waals surface area contributed by atoms with Gasteiger partial charge in [0.05, 0.1) is 31.3 Å². The first kappa shape index (κ1) is 25.5. The van der Waals surface area contributed by atoms with E-state index in [0.717, 1.165) is 35.1 Å². The smallest absolute Gasteiger partial charge is 0.304 e. The molecule has 2 N–H and O–H groups in total. The molecular formula is C30H35FN2O5. The molecule has 6 atom stereocenters. The van der Waals surface area contributed by atoms with Crippen LogP contribution in [0.4, 0.5) is 4.39 Å². The van der Waals surface area contributed by atoms with Crippen LogP contribution in [0, 0.1) is 19.8 Å². The average molecular weight is 523 g/mol. The number of nitrogens with one attached hydrogen (secondary N) is 1. The standard InChI is InChI=1S/C30H35FN2O5/c1-15-10-18(30-32-17(3)38-33-30)11-16(2)28(15)22-6-8-24(31)29-23(22)7-9-25(29)37-20-4-5-21-19(12-27(34)35)14-36-26(21)13-20/h5,8,10-11,19-20,22,25-26,30,33H,4,6-7,9,12-14H2,1-3H3,(H,34,35)/t19?,20?,22?,25?,26-,30?/m0/s1. The number of carboxylic acids is 1. The lowest BCUT2D eigenvalue weighted by Crippen LogP contribution is -2.30. The molecule has 0 spiro atoms. The zero-order chi connectivity index (χ0) is 26.6. The summed E-state index contributed by atoms with van der Waals surface area (Å²) in [6.07, 6.45) is 6.94. The first-order valence-corrected chi connectivity index (χ1v) is 13.6. The number of nitrogens with zero attached hydrogens (tertiary/aromatic N) is 1. The highest BCUT2D eigenvalue weighted by Crippen LogP contribution is 2.49. The van der Waals surface area contributed by atoms with Crippen LogP contribution in [0.25, 0.3) is 0 Å². The summed E-state index contributed by atoms with van der Waals surface area (Å²) in [5.41, 5.74) is 10.6. The third kappa shape index (κ3) is 4.63. The van der Waals surface area contributed by atoms with Crippen molar-refractivity contribution in [1.82, 2.24) is 5.48 Å². The highest BCUT2D eigenvalue weighted by atomic mass is 19.1. The molecule has 0 amide bonds. The second-order valence-electron chi connectivity index (χ2n) is 11.2. The van der Waals surface area contributed by atoms with Gasteiger partial charge in [0.25, 0.3) is 0 Å². The number of rotatable bonds is 6. The van der Waals surface area contributed by atoms with E-state index in [4.69, 9.17) is 14.3 Å². The zero-order valence-corrected chi connectivity index (χ0v) is 22.1. The Morgan fingerprint density at radius 1 is 1.21 bits per heavy atom. The van der Waals surface area contributed by atoms with Gasteiger partial charge in [-0.15, -0.1) is 5.48 Å². The Hall–Kier alpha value is -2.81. The molecule has 5 aliphatic rings. The van der Waals surface area contributed by atoms with Crippen molar-refractivity contribution in [2.24, 2.45) is 10.9 Å². The van der Waals surface area contributed by atoms with Crippen molar-refractivity contribution in [3.63, 3.8) is 0 Å². The second kappa shape index (κ2) is 10.1. The van der Waals surface area contributed by atoms with E-state index in [-0.39, 0.29) is 48.6 Å². The number of fused-ring (bicyclic) bond motifs is 1. The number of hydrogen-bond donors (Lipinski definition) is 2. The van der Waals surface area contributed by atoms with Gasteiger partial charge in [0.2, 0.25) is 5.90 Å². The molecule has 2 aliphatic heterocycles. The van der Waals surface area contributed by atoms with Crippen LogP contribution in [-0.4, -0.2) is 41.9 Å². The van der Waals surface area contributed by atoms with Gasteiger partial charge in [-0.2, -0.15) is 0 Å². The number of allylic oxidation sites excluding steroid dienone is 2. The lowest BCUT2D eigenvalue weighted by atomic mass is 9.78. The molecule has 2 heterocycles. The van der Waals surface area contributed by atoms with Gasteiger partial charge in [-0.25, -0.2) is 9.38 Å². The topological polar surface area (TPSA) is 89.4 Å². The normalized spacial score (nSPS) is 32.4. The van der Waals surface area contributed by atoms with Crippen LogP contribution in [-0.2, 0) is 19.1 Å². The van der Waals surface area contributed by atoms with Crippen molar-refractivity contribution >= 4 is 11.9 Å². The minimum Gasteiger partial charge on any atom is -0.481 e. The number of aliphatic imine (C=N–C) groups is 1. The molecule has 202 valence electrons. The van der Waals surface area contributed by atoms with Crippen molar-refractivity contribution in [2.45, 2.75) is 89.7 Å². The van der Waals surface area contributed by atoms with E-state index in [2.05, 4.69) is 42.5 Å². The highest BCUT2D eigenvalue weighted by molar-refractivity contribution is 5.74. The molecule has 3 aliphatic carbocycles. The molecular weight excluding hydrogens is 487 g/mol. The van der Waals surface area contributed by atoms with E-state index >= 15 is 4.39 Å². The Labute approximate surface area is 222 Å².